The zero-order chi connectivity index (χ0) is 10.7. The van der Waals surface area contributed by atoms with Crippen LogP contribution in [-0.2, 0) is 6.42 Å². The molecule has 0 aliphatic carbocycles. The van der Waals surface area contributed by atoms with Crippen LogP contribution in [0.1, 0.15) is 18.9 Å². The normalized spacial score (nSPS) is 13.2. The molecule has 2 aromatic heterocycles. The van der Waals surface area contributed by atoms with Crippen molar-refractivity contribution < 1.29 is 0 Å². The van der Waals surface area contributed by atoms with Gasteiger partial charge in [0, 0.05) is 35.5 Å². The number of fused-ring (bicyclic) bond motifs is 1. The van der Waals surface area contributed by atoms with Crippen LogP contribution in [0.4, 0.5) is 0 Å². The Balaban J connectivity index is 2.14. The van der Waals surface area contributed by atoms with E-state index in [2.05, 4.69) is 28.4 Å². The van der Waals surface area contributed by atoms with E-state index in [1.165, 1.54) is 16.5 Å². The van der Waals surface area contributed by atoms with E-state index in [9.17, 15) is 0 Å². The van der Waals surface area contributed by atoms with Gasteiger partial charge in [-0.25, -0.2) is 0 Å². The maximum atomic E-state index is 4.16. The third-order valence-corrected chi connectivity index (χ3v) is 2.91. The molecular weight excluding hydrogens is 186 g/mol. The second kappa shape index (κ2) is 4.45. The third-order valence-electron chi connectivity index (χ3n) is 2.91. The number of rotatable bonds is 4. The SMILES string of the molecule is CNC(C)CCc1c[nH]c2ccncc12. The molecule has 0 saturated carbocycles. The highest BCUT2D eigenvalue weighted by atomic mass is 14.8. The molecule has 2 rings (SSSR count). The standard InChI is InChI=1S/C12H17N3/c1-9(13-2)3-4-10-7-15-12-5-6-14-8-11(10)12/h5-9,13,15H,3-4H2,1-2H3. The average molecular weight is 203 g/mol. The van der Waals surface area contributed by atoms with Crippen molar-refractivity contribution in [2.45, 2.75) is 25.8 Å². The summed E-state index contributed by atoms with van der Waals surface area (Å²) in [5, 5.41) is 4.50. The van der Waals surface area contributed by atoms with Crippen molar-refractivity contribution in [2.24, 2.45) is 0 Å². The van der Waals surface area contributed by atoms with Crippen LogP contribution >= 0.6 is 0 Å². The summed E-state index contributed by atoms with van der Waals surface area (Å²) in [5.41, 5.74) is 2.54. The van der Waals surface area contributed by atoms with E-state index in [-0.39, 0.29) is 0 Å². The van der Waals surface area contributed by atoms with Gasteiger partial charge in [0.15, 0.2) is 0 Å². The first-order valence-corrected chi connectivity index (χ1v) is 5.38. The predicted molar refractivity (Wildman–Crippen MR) is 62.9 cm³/mol. The van der Waals surface area contributed by atoms with Gasteiger partial charge in [0.05, 0.1) is 0 Å². The molecule has 3 heteroatoms. The number of aryl methyl sites for hydroxylation is 1. The molecule has 1 unspecified atom stereocenters. The monoisotopic (exact) mass is 203 g/mol. The fourth-order valence-electron chi connectivity index (χ4n) is 1.74. The minimum absolute atomic E-state index is 0.562. The highest BCUT2D eigenvalue weighted by Gasteiger charge is 2.05. The lowest BCUT2D eigenvalue weighted by molar-refractivity contribution is 0.566. The Hall–Kier alpha value is -1.35. The Morgan fingerprint density at radius 1 is 1.53 bits per heavy atom. The molecule has 0 aromatic carbocycles. The quantitative estimate of drug-likeness (QED) is 0.799. The summed E-state index contributed by atoms with van der Waals surface area (Å²) >= 11 is 0. The van der Waals surface area contributed by atoms with Gasteiger partial charge in [0.2, 0.25) is 0 Å². The number of aromatic amines is 1. The second-order valence-electron chi connectivity index (χ2n) is 3.96. The summed E-state index contributed by atoms with van der Waals surface area (Å²) in [6.07, 6.45) is 8.09. The number of aromatic nitrogens is 2. The minimum Gasteiger partial charge on any atom is -0.361 e. The van der Waals surface area contributed by atoms with Gasteiger partial charge in [-0.2, -0.15) is 0 Å². The summed E-state index contributed by atoms with van der Waals surface area (Å²) < 4.78 is 0. The third kappa shape index (κ3) is 2.18. The Kier molecular flexibility index (Phi) is 3.02. The number of hydrogen-bond acceptors (Lipinski definition) is 2. The van der Waals surface area contributed by atoms with Crippen molar-refractivity contribution in [1.29, 1.82) is 0 Å². The predicted octanol–water partition coefficient (Wildman–Crippen LogP) is 2.10. The molecule has 0 radical (unpaired) electrons. The zero-order valence-corrected chi connectivity index (χ0v) is 9.25. The lowest BCUT2D eigenvalue weighted by atomic mass is 10.1. The molecule has 0 amide bonds. The van der Waals surface area contributed by atoms with Gasteiger partial charge in [0.1, 0.15) is 0 Å². The molecule has 80 valence electrons. The largest absolute Gasteiger partial charge is 0.361 e. The zero-order valence-electron chi connectivity index (χ0n) is 9.25. The number of nitrogens with one attached hydrogen (secondary N) is 2. The number of nitrogens with zero attached hydrogens (tertiary/aromatic N) is 1. The first kappa shape index (κ1) is 10.2. The van der Waals surface area contributed by atoms with Crippen LogP contribution in [0.3, 0.4) is 0 Å². The minimum atomic E-state index is 0.562. The summed E-state index contributed by atoms with van der Waals surface area (Å²) in [6, 6.07) is 2.58. The molecule has 1 atom stereocenters. The van der Waals surface area contributed by atoms with Crippen molar-refractivity contribution in [3.05, 3.63) is 30.2 Å². The van der Waals surface area contributed by atoms with E-state index in [0.29, 0.717) is 6.04 Å². The maximum Gasteiger partial charge on any atom is 0.0487 e. The molecule has 0 saturated heterocycles. The van der Waals surface area contributed by atoms with Crippen molar-refractivity contribution in [1.82, 2.24) is 15.3 Å². The molecule has 2 aromatic rings. The highest BCUT2D eigenvalue weighted by molar-refractivity contribution is 5.81. The van der Waals surface area contributed by atoms with Crippen LogP contribution in [0, 0.1) is 0 Å². The van der Waals surface area contributed by atoms with E-state index in [1.807, 2.05) is 25.5 Å². The topological polar surface area (TPSA) is 40.7 Å². The smallest absolute Gasteiger partial charge is 0.0487 e. The van der Waals surface area contributed by atoms with E-state index in [1.54, 1.807) is 0 Å². The van der Waals surface area contributed by atoms with Crippen LogP contribution < -0.4 is 5.32 Å². The van der Waals surface area contributed by atoms with Crippen LogP contribution in [-0.4, -0.2) is 23.1 Å². The average Bonchev–Trinajstić information content (AvgIpc) is 2.69. The molecule has 0 aliphatic rings. The van der Waals surface area contributed by atoms with Crippen LogP contribution in [0.15, 0.2) is 24.7 Å². The highest BCUT2D eigenvalue weighted by Crippen LogP contribution is 2.18. The van der Waals surface area contributed by atoms with E-state index < -0.39 is 0 Å². The fourth-order valence-corrected chi connectivity index (χ4v) is 1.74. The molecule has 0 aliphatic heterocycles. The molecule has 15 heavy (non-hydrogen) atoms. The Bertz CT molecular complexity index is 433. The number of pyridine rings is 1. The number of hydrogen-bond donors (Lipinski definition) is 2. The van der Waals surface area contributed by atoms with E-state index >= 15 is 0 Å². The van der Waals surface area contributed by atoms with Crippen molar-refractivity contribution in [3.63, 3.8) is 0 Å². The van der Waals surface area contributed by atoms with E-state index in [0.717, 1.165) is 12.8 Å². The summed E-state index contributed by atoms with van der Waals surface area (Å²) in [6.45, 7) is 2.20. The van der Waals surface area contributed by atoms with Gasteiger partial charge in [-0.1, -0.05) is 0 Å². The van der Waals surface area contributed by atoms with Crippen LogP contribution in [0.2, 0.25) is 0 Å². The first-order chi connectivity index (χ1) is 7.31. The van der Waals surface area contributed by atoms with Gasteiger partial charge >= 0.3 is 0 Å². The first-order valence-electron chi connectivity index (χ1n) is 5.38. The Morgan fingerprint density at radius 3 is 3.20 bits per heavy atom. The van der Waals surface area contributed by atoms with Crippen LogP contribution in [0.5, 0.6) is 0 Å². The van der Waals surface area contributed by atoms with Crippen molar-refractivity contribution in [2.75, 3.05) is 7.05 Å². The summed E-state index contributed by atoms with van der Waals surface area (Å²) in [4.78, 5) is 7.43. The lowest BCUT2D eigenvalue weighted by Gasteiger charge is -2.08. The fraction of sp³-hybridized carbons (Fsp3) is 0.417. The second-order valence-corrected chi connectivity index (χ2v) is 3.96. The van der Waals surface area contributed by atoms with Gasteiger partial charge in [-0.15, -0.1) is 0 Å². The van der Waals surface area contributed by atoms with Gasteiger partial charge in [-0.05, 0) is 38.4 Å². The Labute approximate surface area is 89.9 Å². The Morgan fingerprint density at radius 2 is 2.40 bits per heavy atom. The van der Waals surface area contributed by atoms with Crippen LogP contribution in [0.25, 0.3) is 10.9 Å². The molecule has 0 spiro atoms. The van der Waals surface area contributed by atoms with E-state index in [4.69, 9.17) is 0 Å². The molecule has 3 nitrogen and oxygen atoms in total. The summed E-state index contributed by atoms with van der Waals surface area (Å²) in [7, 11) is 2.00. The lowest BCUT2D eigenvalue weighted by Crippen LogP contribution is -2.21. The van der Waals surface area contributed by atoms with Crippen molar-refractivity contribution >= 4 is 10.9 Å². The van der Waals surface area contributed by atoms with Gasteiger partial charge < -0.3 is 10.3 Å². The van der Waals surface area contributed by atoms with Crippen molar-refractivity contribution in [3.8, 4) is 0 Å². The molecule has 2 heterocycles. The summed E-state index contributed by atoms with van der Waals surface area (Å²) in [5.74, 6) is 0. The number of H-pyrrole nitrogens is 1. The van der Waals surface area contributed by atoms with Gasteiger partial charge in [-0.3, -0.25) is 4.98 Å². The molecular formula is C12H17N3. The maximum absolute atomic E-state index is 4.16. The van der Waals surface area contributed by atoms with Gasteiger partial charge in [0.25, 0.3) is 0 Å². The molecule has 2 N–H and O–H groups in total. The molecule has 0 bridgehead atoms. The molecule has 0 fully saturated rings.